The molecule has 3 rings (SSSR count). The van der Waals surface area contributed by atoms with Gasteiger partial charge in [0.1, 0.15) is 17.3 Å². The first-order chi connectivity index (χ1) is 13.2. The van der Waals surface area contributed by atoms with Crippen LogP contribution in [0.1, 0.15) is 29.7 Å². The second kappa shape index (κ2) is 9.03. The van der Waals surface area contributed by atoms with Gasteiger partial charge in [0.25, 0.3) is 0 Å². The van der Waals surface area contributed by atoms with Gasteiger partial charge >= 0.3 is 0 Å². The van der Waals surface area contributed by atoms with E-state index in [1.807, 2.05) is 24.4 Å². The van der Waals surface area contributed by atoms with Gasteiger partial charge in [0.05, 0.1) is 26.2 Å². The second-order valence-corrected chi connectivity index (χ2v) is 6.19. The third-order valence-corrected chi connectivity index (χ3v) is 4.36. The lowest BCUT2D eigenvalue weighted by Crippen LogP contribution is -1.92. The fourth-order valence-electron chi connectivity index (χ4n) is 2.97. The zero-order valence-electron chi connectivity index (χ0n) is 15.5. The summed E-state index contributed by atoms with van der Waals surface area (Å²) in [6.07, 6.45) is 8.39. The summed E-state index contributed by atoms with van der Waals surface area (Å²) in [5, 5.41) is 0. The van der Waals surface area contributed by atoms with Gasteiger partial charge in [-0.15, -0.1) is 0 Å². The lowest BCUT2D eigenvalue weighted by atomic mass is 10.00. The van der Waals surface area contributed by atoms with Crippen molar-refractivity contribution >= 4 is 5.57 Å². The molecule has 1 heterocycles. The highest BCUT2D eigenvalue weighted by molar-refractivity contribution is 5.77. The molecule has 0 aliphatic rings. The van der Waals surface area contributed by atoms with Gasteiger partial charge in [-0.1, -0.05) is 18.2 Å². The molecule has 0 aliphatic carbocycles. The van der Waals surface area contributed by atoms with Crippen LogP contribution in [0.5, 0.6) is 11.5 Å². The fourth-order valence-corrected chi connectivity index (χ4v) is 2.97. The lowest BCUT2D eigenvalue weighted by Gasteiger charge is -2.09. The topological polar surface area (TPSA) is 47.1 Å². The third-order valence-electron chi connectivity index (χ3n) is 4.36. The van der Waals surface area contributed by atoms with Crippen LogP contribution in [0.15, 0.2) is 61.1 Å². The predicted octanol–water partition coefficient (Wildman–Crippen LogP) is 5.02. The zero-order valence-corrected chi connectivity index (χ0v) is 15.5. The third kappa shape index (κ3) is 4.97. The van der Waals surface area contributed by atoms with Crippen LogP contribution in [-0.4, -0.2) is 24.2 Å². The minimum Gasteiger partial charge on any atom is -0.497 e. The Bertz CT molecular complexity index is 865. The van der Waals surface area contributed by atoms with E-state index < -0.39 is 0 Å². The molecule has 0 radical (unpaired) electrons. The molecular formula is C22H23FN2O2. The lowest BCUT2D eigenvalue weighted by molar-refractivity contribution is 0.393. The summed E-state index contributed by atoms with van der Waals surface area (Å²) in [7, 11) is 3.31. The van der Waals surface area contributed by atoms with Crippen molar-refractivity contribution in [1.82, 2.24) is 9.97 Å². The van der Waals surface area contributed by atoms with Crippen LogP contribution >= 0.6 is 0 Å². The molecule has 0 saturated carbocycles. The number of aromatic nitrogens is 2. The van der Waals surface area contributed by atoms with E-state index in [1.165, 1.54) is 17.7 Å². The number of hydrogen-bond acceptors (Lipinski definition) is 3. The molecule has 0 spiro atoms. The van der Waals surface area contributed by atoms with Crippen molar-refractivity contribution < 1.29 is 13.9 Å². The molecule has 2 aromatic carbocycles. The summed E-state index contributed by atoms with van der Waals surface area (Å²) >= 11 is 0. The maximum absolute atomic E-state index is 13.2. The summed E-state index contributed by atoms with van der Waals surface area (Å²) < 4.78 is 23.9. The Morgan fingerprint density at radius 3 is 2.37 bits per heavy atom. The van der Waals surface area contributed by atoms with E-state index in [0.717, 1.165) is 47.6 Å². The van der Waals surface area contributed by atoms with Crippen molar-refractivity contribution in [3.63, 3.8) is 0 Å². The first-order valence-electron chi connectivity index (χ1n) is 8.87. The van der Waals surface area contributed by atoms with E-state index in [1.54, 1.807) is 32.7 Å². The minimum atomic E-state index is -0.243. The Kier molecular flexibility index (Phi) is 6.26. The molecule has 1 aromatic heterocycles. The number of methoxy groups -OCH3 is 2. The normalized spacial score (nSPS) is 11.4. The number of nitrogens with zero attached hydrogens (tertiary/aromatic N) is 1. The predicted molar refractivity (Wildman–Crippen MR) is 105 cm³/mol. The second-order valence-electron chi connectivity index (χ2n) is 6.19. The number of aromatic amines is 1. The average molecular weight is 366 g/mol. The molecular weight excluding hydrogens is 343 g/mol. The number of unbranched alkanes of at least 4 members (excludes halogenated alkanes) is 1. The highest BCUT2D eigenvalue weighted by Gasteiger charge is 2.07. The maximum atomic E-state index is 13.2. The zero-order chi connectivity index (χ0) is 19.1. The molecule has 0 fully saturated rings. The number of nitrogens with one attached hydrogen (secondary N) is 1. The van der Waals surface area contributed by atoms with Gasteiger partial charge in [-0.05, 0) is 54.7 Å². The molecule has 0 atom stereocenters. The summed E-state index contributed by atoms with van der Waals surface area (Å²) in [6, 6.07) is 12.4. The van der Waals surface area contributed by atoms with Gasteiger partial charge in [0.2, 0.25) is 0 Å². The fraction of sp³-hybridized carbons (Fsp3) is 0.227. The largest absolute Gasteiger partial charge is 0.497 e. The Morgan fingerprint density at radius 2 is 1.78 bits per heavy atom. The number of rotatable bonds is 8. The van der Waals surface area contributed by atoms with E-state index in [2.05, 4.69) is 16.0 Å². The van der Waals surface area contributed by atoms with Crippen LogP contribution in [0, 0.1) is 5.82 Å². The van der Waals surface area contributed by atoms with Crippen molar-refractivity contribution in [3.05, 3.63) is 83.7 Å². The van der Waals surface area contributed by atoms with Gasteiger partial charge < -0.3 is 14.5 Å². The molecule has 0 amide bonds. The summed E-state index contributed by atoms with van der Waals surface area (Å²) in [6.45, 7) is 0. The van der Waals surface area contributed by atoms with E-state index in [0.29, 0.717) is 0 Å². The Labute approximate surface area is 158 Å². The minimum absolute atomic E-state index is 0.243. The Morgan fingerprint density at radius 1 is 1.07 bits per heavy atom. The molecule has 27 heavy (non-hydrogen) atoms. The molecule has 0 unspecified atom stereocenters. The molecule has 0 aliphatic heterocycles. The van der Waals surface area contributed by atoms with Gasteiger partial charge in [-0.3, -0.25) is 0 Å². The van der Waals surface area contributed by atoms with E-state index >= 15 is 0 Å². The SMILES string of the molecule is COc1cc(CCCC=C(c2ccc(F)cc2)c2c[nH]cn2)cc(OC)c1. The number of halogens is 1. The van der Waals surface area contributed by atoms with Crippen LogP contribution in [0.4, 0.5) is 4.39 Å². The van der Waals surface area contributed by atoms with Crippen molar-refractivity contribution in [2.24, 2.45) is 0 Å². The first-order valence-corrected chi connectivity index (χ1v) is 8.87. The summed E-state index contributed by atoms with van der Waals surface area (Å²) in [5.41, 5.74) is 3.97. The Hall–Kier alpha value is -3.08. The van der Waals surface area contributed by atoms with E-state index in [4.69, 9.17) is 9.47 Å². The standard InChI is InChI=1S/C22H23FN2O2/c1-26-19-11-16(12-20(13-19)27-2)5-3-4-6-21(22-14-24-15-25-22)17-7-9-18(23)10-8-17/h6-15H,3-5H2,1-2H3,(H,24,25). The van der Waals surface area contributed by atoms with Gasteiger partial charge in [-0.2, -0.15) is 0 Å². The van der Waals surface area contributed by atoms with Gasteiger partial charge in [0, 0.05) is 17.8 Å². The summed E-state index contributed by atoms with van der Waals surface area (Å²) in [4.78, 5) is 7.33. The number of ether oxygens (including phenoxy) is 2. The number of H-pyrrole nitrogens is 1. The Balaban J connectivity index is 1.71. The molecule has 5 heteroatoms. The van der Waals surface area contributed by atoms with Crippen molar-refractivity contribution in [2.75, 3.05) is 14.2 Å². The molecule has 0 saturated heterocycles. The number of hydrogen-bond donors (Lipinski definition) is 1. The molecule has 1 N–H and O–H groups in total. The highest BCUT2D eigenvalue weighted by Crippen LogP contribution is 2.25. The van der Waals surface area contributed by atoms with Crippen molar-refractivity contribution in [1.29, 1.82) is 0 Å². The smallest absolute Gasteiger partial charge is 0.123 e. The van der Waals surface area contributed by atoms with E-state index in [9.17, 15) is 4.39 Å². The van der Waals surface area contributed by atoms with Crippen LogP contribution in [0.25, 0.3) is 5.57 Å². The molecule has 140 valence electrons. The quantitative estimate of drug-likeness (QED) is 0.569. The van der Waals surface area contributed by atoms with Crippen molar-refractivity contribution in [2.45, 2.75) is 19.3 Å². The van der Waals surface area contributed by atoms with Crippen LogP contribution < -0.4 is 9.47 Å². The number of allylic oxidation sites excluding steroid dienone is 1. The first kappa shape index (κ1) is 18.7. The van der Waals surface area contributed by atoms with Crippen LogP contribution in [0.2, 0.25) is 0 Å². The summed E-state index contributed by atoms with van der Waals surface area (Å²) in [5.74, 6) is 1.35. The number of imidazole rings is 1. The van der Waals surface area contributed by atoms with Gasteiger partial charge in [0.15, 0.2) is 0 Å². The van der Waals surface area contributed by atoms with Crippen molar-refractivity contribution in [3.8, 4) is 11.5 Å². The van der Waals surface area contributed by atoms with Crippen LogP contribution in [-0.2, 0) is 6.42 Å². The maximum Gasteiger partial charge on any atom is 0.123 e. The van der Waals surface area contributed by atoms with Gasteiger partial charge in [-0.25, -0.2) is 9.37 Å². The molecule has 0 bridgehead atoms. The number of aryl methyl sites for hydroxylation is 1. The van der Waals surface area contributed by atoms with Crippen LogP contribution in [0.3, 0.4) is 0 Å². The number of benzene rings is 2. The molecule has 3 aromatic rings. The molecule has 4 nitrogen and oxygen atoms in total. The monoisotopic (exact) mass is 366 g/mol. The van der Waals surface area contributed by atoms with E-state index in [-0.39, 0.29) is 5.82 Å². The highest BCUT2D eigenvalue weighted by atomic mass is 19.1. The average Bonchev–Trinajstić information content (AvgIpc) is 3.23.